The maximum absolute atomic E-state index is 5.45. The van der Waals surface area contributed by atoms with E-state index in [4.69, 9.17) is 18.9 Å². The molecule has 0 aromatic carbocycles. The van der Waals surface area contributed by atoms with Crippen LogP contribution in [0.5, 0.6) is 0 Å². The van der Waals surface area contributed by atoms with E-state index in [0.717, 1.165) is 30.9 Å². The van der Waals surface area contributed by atoms with Crippen molar-refractivity contribution in [3.8, 4) is 0 Å². The molecule has 1 aromatic rings. The van der Waals surface area contributed by atoms with Crippen molar-refractivity contribution >= 4 is 0 Å². The number of hydrogen-bond acceptors (Lipinski definition) is 7. The third-order valence-corrected chi connectivity index (χ3v) is 4.63. The van der Waals surface area contributed by atoms with E-state index in [1.807, 2.05) is 4.68 Å². The summed E-state index contributed by atoms with van der Waals surface area (Å²) in [6, 6.07) is -0.0252. The highest BCUT2D eigenvalue weighted by Gasteiger charge is 2.26. The van der Waals surface area contributed by atoms with Crippen LogP contribution in [-0.2, 0) is 18.9 Å². The van der Waals surface area contributed by atoms with Gasteiger partial charge in [-0.2, -0.15) is 0 Å². The zero-order valence-electron chi connectivity index (χ0n) is 17.3. The molecule has 0 amide bonds. The second-order valence-electron chi connectivity index (χ2n) is 6.60. The van der Waals surface area contributed by atoms with Gasteiger partial charge in [0, 0.05) is 53.5 Å². The van der Waals surface area contributed by atoms with E-state index in [-0.39, 0.29) is 24.2 Å². The van der Waals surface area contributed by atoms with Gasteiger partial charge in [-0.3, -0.25) is 0 Å². The fourth-order valence-electron chi connectivity index (χ4n) is 2.86. The summed E-state index contributed by atoms with van der Waals surface area (Å²) in [5, 5.41) is 8.94. The highest BCUT2D eigenvalue weighted by molar-refractivity contribution is 5.09. The molecular weight excluding hydrogens is 336 g/mol. The first-order valence-electron chi connectivity index (χ1n) is 9.29. The van der Waals surface area contributed by atoms with Crippen molar-refractivity contribution in [3.05, 3.63) is 11.6 Å². The number of aromatic nitrogens is 3. The molecule has 152 valence electrons. The van der Waals surface area contributed by atoms with E-state index in [9.17, 15) is 0 Å². The van der Waals surface area contributed by atoms with Crippen LogP contribution in [-0.4, -0.2) is 68.9 Å². The third-order valence-electron chi connectivity index (χ3n) is 4.63. The molecule has 0 spiro atoms. The van der Waals surface area contributed by atoms with E-state index >= 15 is 0 Å². The van der Waals surface area contributed by atoms with Gasteiger partial charge >= 0.3 is 0 Å². The monoisotopic (exact) mass is 372 g/mol. The van der Waals surface area contributed by atoms with Crippen LogP contribution in [0.15, 0.2) is 0 Å². The first-order valence-corrected chi connectivity index (χ1v) is 9.29. The summed E-state index contributed by atoms with van der Waals surface area (Å²) < 4.78 is 23.4. The number of ether oxygens (including phenoxy) is 4. The first kappa shape index (κ1) is 22.8. The molecule has 0 bridgehead atoms. The Morgan fingerprint density at radius 2 is 1.35 bits per heavy atom. The number of methoxy groups -OCH3 is 4. The van der Waals surface area contributed by atoms with Crippen LogP contribution in [0.25, 0.3) is 0 Å². The fourth-order valence-corrected chi connectivity index (χ4v) is 2.86. The minimum atomic E-state index is -0.355. The second-order valence-corrected chi connectivity index (χ2v) is 6.60. The lowest BCUT2D eigenvalue weighted by Gasteiger charge is -2.28. The molecule has 0 aliphatic carbocycles. The standard InChI is InChI=1S/C18H36N4O4/c1-8-15(18(25-6)26-7)21-22-16(13(2)9-11-23-4)19-20-17(22)14(3)10-12-24-5/h13-15,18,21H,8-12H2,1-7H3. The predicted molar refractivity (Wildman–Crippen MR) is 101 cm³/mol. The molecule has 0 saturated heterocycles. The van der Waals surface area contributed by atoms with Crippen molar-refractivity contribution in [3.63, 3.8) is 0 Å². The normalized spacial score (nSPS) is 15.2. The topological polar surface area (TPSA) is 79.7 Å². The number of nitrogens with zero attached hydrogens (tertiary/aromatic N) is 3. The Kier molecular flexibility index (Phi) is 10.7. The quantitative estimate of drug-likeness (QED) is 0.503. The molecule has 3 atom stereocenters. The zero-order valence-corrected chi connectivity index (χ0v) is 17.3. The van der Waals surface area contributed by atoms with Gasteiger partial charge in [0.2, 0.25) is 0 Å². The fraction of sp³-hybridized carbons (Fsp3) is 0.889. The van der Waals surface area contributed by atoms with Crippen molar-refractivity contribution < 1.29 is 18.9 Å². The van der Waals surface area contributed by atoms with Gasteiger partial charge in [-0.1, -0.05) is 20.8 Å². The summed E-state index contributed by atoms with van der Waals surface area (Å²) in [6.45, 7) is 7.72. The van der Waals surface area contributed by atoms with E-state index in [1.54, 1.807) is 28.4 Å². The van der Waals surface area contributed by atoms with Crippen LogP contribution in [0.1, 0.15) is 63.5 Å². The van der Waals surface area contributed by atoms with Crippen LogP contribution in [0.4, 0.5) is 0 Å². The molecule has 0 radical (unpaired) electrons. The Morgan fingerprint density at radius 1 is 0.885 bits per heavy atom. The summed E-state index contributed by atoms with van der Waals surface area (Å²) >= 11 is 0. The first-order chi connectivity index (χ1) is 12.5. The smallest absolute Gasteiger partial charge is 0.178 e. The zero-order chi connectivity index (χ0) is 19.5. The largest absolute Gasteiger partial charge is 0.385 e. The lowest BCUT2D eigenvalue weighted by molar-refractivity contribution is -0.114. The van der Waals surface area contributed by atoms with Crippen LogP contribution < -0.4 is 5.43 Å². The van der Waals surface area contributed by atoms with Gasteiger partial charge in [0.25, 0.3) is 0 Å². The summed E-state index contributed by atoms with van der Waals surface area (Å²) in [6.07, 6.45) is 2.23. The van der Waals surface area contributed by atoms with E-state index < -0.39 is 0 Å². The van der Waals surface area contributed by atoms with Gasteiger partial charge in [0.1, 0.15) is 0 Å². The molecular formula is C18H36N4O4. The number of rotatable bonds is 14. The Labute approximate surface area is 157 Å². The van der Waals surface area contributed by atoms with Gasteiger partial charge in [0.05, 0.1) is 6.04 Å². The van der Waals surface area contributed by atoms with Crippen molar-refractivity contribution in [1.82, 2.24) is 14.9 Å². The van der Waals surface area contributed by atoms with E-state index in [1.165, 1.54) is 0 Å². The maximum atomic E-state index is 5.45. The lowest BCUT2D eigenvalue weighted by atomic mass is 10.1. The van der Waals surface area contributed by atoms with Crippen LogP contribution in [0.3, 0.4) is 0 Å². The lowest BCUT2D eigenvalue weighted by Crippen LogP contribution is -2.41. The van der Waals surface area contributed by atoms with Gasteiger partial charge < -0.3 is 24.4 Å². The summed E-state index contributed by atoms with van der Waals surface area (Å²) in [7, 11) is 6.72. The second kappa shape index (κ2) is 12.2. The minimum absolute atomic E-state index is 0.0252. The van der Waals surface area contributed by atoms with Crippen LogP contribution >= 0.6 is 0 Å². The molecule has 1 aromatic heterocycles. The molecule has 0 fully saturated rings. The van der Waals surface area contributed by atoms with Crippen LogP contribution in [0.2, 0.25) is 0 Å². The van der Waals surface area contributed by atoms with Gasteiger partial charge in [-0.15, -0.1) is 10.2 Å². The molecule has 1 heterocycles. The van der Waals surface area contributed by atoms with Crippen molar-refractivity contribution in [2.75, 3.05) is 47.1 Å². The summed E-state index contributed by atoms with van der Waals surface area (Å²) in [5.74, 6) is 2.20. The van der Waals surface area contributed by atoms with Crippen molar-refractivity contribution in [2.24, 2.45) is 0 Å². The maximum Gasteiger partial charge on any atom is 0.178 e. The molecule has 8 heteroatoms. The average Bonchev–Trinajstić information content (AvgIpc) is 3.07. The van der Waals surface area contributed by atoms with E-state index in [0.29, 0.717) is 13.2 Å². The average molecular weight is 373 g/mol. The minimum Gasteiger partial charge on any atom is -0.385 e. The van der Waals surface area contributed by atoms with Gasteiger partial charge in [-0.25, -0.2) is 4.68 Å². The molecule has 0 saturated carbocycles. The van der Waals surface area contributed by atoms with E-state index in [2.05, 4.69) is 36.4 Å². The van der Waals surface area contributed by atoms with Crippen LogP contribution in [0, 0.1) is 0 Å². The summed E-state index contributed by atoms with van der Waals surface area (Å²) in [5.41, 5.74) is 3.52. The number of nitrogens with one attached hydrogen (secondary N) is 1. The molecule has 1 rings (SSSR count). The van der Waals surface area contributed by atoms with Crippen molar-refractivity contribution in [1.29, 1.82) is 0 Å². The van der Waals surface area contributed by atoms with Gasteiger partial charge in [-0.05, 0) is 19.3 Å². The third kappa shape index (κ3) is 6.19. The molecule has 0 aliphatic heterocycles. The van der Waals surface area contributed by atoms with Crippen molar-refractivity contribution in [2.45, 2.75) is 64.2 Å². The Bertz CT molecular complexity index is 462. The highest BCUT2D eigenvalue weighted by atomic mass is 16.7. The Hall–Kier alpha value is -1.22. The molecule has 26 heavy (non-hydrogen) atoms. The number of hydrogen-bond donors (Lipinski definition) is 1. The molecule has 1 N–H and O–H groups in total. The molecule has 8 nitrogen and oxygen atoms in total. The SMILES string of the molecule is CCC(Nn1c(C(C)CCOC)nnc1C(C)CCOC)C(OC)OC. The Morgan fingerprint density at radius 3 is 1.69 bits per heavy atom. The summed E-state index contributed by atoms with van der Waals surface area (Å²) in [4.78, 5) is 0. The Balaban J connectivity index is 3.13. The highest BCUT2D eigenvalue weighted by Crippen LogP contribution is 2.23. The van der Waals surface area contributed by atoms with Gasteiger partial charge in [0.15, 0.2) is 17.9 Å². The predicted octanol–water partition coefficient (Wildman–Crippen LogP) is 2.50. The molecule has 3 unspecified atom stereocenters. The molecule has 0 aliphatic rings.